The molecule has 1 unspecified atom stereocenters. The summed E-state index contributed by atoms with van der Waals surface area (Å²) in [5, 5.41) is 5.93. The quantitative estimate of drug-likeness (QED) is 0.496. The average molecular weight is 479 g/mol. The fourth-order valence-electron chi connectivity index (χ4n) is 5.06. The Balaban J connectivity index is 1.48. The van der Waals surface area contributed by atoms with Crippen molar-refractivity contribution < 1.29 is 14.4 Å². The Morgan fingerprint density at radius 2 is 1.83 bits per heavy atom. The van der Waals surface area contributed by atoms with Crippen molar-refractivity contribution in [3.05, 3.63) is 52.3 Å². The van der Waals surface area contributed by atoms with Crippen LogP contribution in [0.2, 0.25) is 0 Å². The Bertz CT molecular complexity index is 1110. The van der Waals surface area contributed by atoms with Gasteiger partial charge in [-0.25, -0.2) is 0 Å². The summed E-state index contributed by atoms with van der Waals surface area (Å²) >= 11 is 0. The largest absolute Gasteiger partial charge is 0.354 e. The van der Waals surface area contributed by atoms with Crippen molar-refractivity contribution in [1.82, 2.24) is 15.2 Å². The van der Waals surface area contributed by atoms with Crippen LogP contribution in [0.4, 0.5) is 5.69 Å². The normalized spacial score (nSPS) is 17.7. The monoisotopic (exact) mass is 478 g/mol. The predicted molar refractivity (Wildman–Crippen MR) is 138 cm³/mol. The van der Waals surface area contributed by atoms with Crippen molar-refractivity contribution in [3.63, 3.8) is 0 Å². The molecule has 1 saturated carbocycles. The molecule has 2 aromatic rings. The van der Waals surface area contributed by atoms with Crippen LogP contribution in [0.3, 0.4) is 0 Å². The Labute approximate surface area is 208 Å². The zero-order chi connectivity index (χ0) is 25.3. The number of rotatable bonds is 9. The summed E-state index contributed by atoms with van der Waals surface area (Å²) in [5.41, 5.74) is 4.27. The van der Waals surface area contributed by atoms with Crippen molar-refractivity contribution in [3.8, 4) is 0 Å². The summed E-state index contributed by atoms with van der Waals surface area (Å²) < 4.78 is 0. The summed E-state index contributed by atoms with van der Waals surface area (Å²) in [6, 6.07) is 7.15. The maximum absolute atomic E-state index is 13.3. The number of aromatic amines is 1. The molecule has 7 heteroatoms. The number of nitrogens with zero attached hydrogens (tertiary/aromatic N) is 1. The third-order valence-corrected chi connectivity index (χ3v) is 7.03. The van der Waals surface area contributed by atoms with Crippen molar-refractivity contribution in [2.45, 2.75) is 71.9 Å². The maximum Gasteiger partial charge on any atom is 0.268 e. The van der Waals surface area contributed by atoms with E-state index in [4.69, 9.17) is 0 Å². The molecule has 0 bridgehead atoms. The minimum Gasteiger partial charge on any atom is -0.354 e. The Hall–Kier alpha value is -2.93. The second-order valence-electron chi connectivity index (χ2n) is 11.4. The molecule has 0 aliphatic heterocycles. The van der Waals surface area contributed by atoms with Gasteiger partial charge in [0.15, 0.2) is 5.78 Å². The number of hydrogen-bond acceptors (Lipinski definition) is 4. The SMILES string of the molecule is Cc1c(C(=O)NC(CCC2CC2)C(=O)Nc2ccc(CN(C)C)cc2)[nH]c2c1C(=O)CC(C)(C)C2. The van der Waals surface area contributed by atoms with Crippen LogP contribution in [0.25, 0.3) is 0 Å². The molecule has 2 aliphatic carbocycles. The van der Waals surface area contributed by atoms with Crippen LogP contribution in [0.15, 0.2) is 24.3 Å². The number of aromatic nitrogens is 1. The van der Waals surface area contributed by atoms with Gasteiger partial charge in [-0.05, 0) is 74.9 Å². The summed E-state index contributed by atoms with van der Waals surface area (Å²) in [6.45, 7) is 6.77. The Morgan fingerprint density at radius 3 is 2.46 bits per heavy atom. The number of fused-ring (bicyclic) bond motifs is 1. The molecule has 1 aromatic carbocycles. The maximum atomic E-state index is 13.3. The molecule has 0 spiro atoms. The van der Waals surface area contributed by atoms with Gasteiger partial charge in [0.05, 0.1) is 0 Å². The first-order chi connectivity index (χ1) is 16.5. The minimum absolute atomic E-state index is 0.0739. The predicted octanol–water partition coefficient (Wildman–Crippen LogP) is 4.47. The lowest BCUT2D eigenvalue weighted by atomic mass is 9.75. The number of carbonyl (C=O) groups excluding carboxylic acids is 3. The van der Waals surface area contributed by atoms with E-state index in [1.165, 1.54) is 12.8 Å². The molecular weight excluding hydrogens is 440 g/mol. The van der Waals surface area contributed by atoms with E-state index in [1.54, 1.807) is 0 Å². The van der Waals surface area contributed by atoms with Crippen molar-refractivity contribution in [1.29, 1.82) is 0 Å². The Morgan fingerprint density at radius 1 is 1.14 bits per heavy atom. The van der Waals surface area contributed by atoms with E-state index in [1.807, 2.05) is 45.3 Å². The highest BCUT2D eigenvalue weighted by Crippen LogP contribution is 2.37. The van der Waals surface area contributed by atoms with Gasteiger partial charge in [-0.2, -0.15) is 0 Å². The number of benzene rings is 1. The van der Waals surface area contributed by atoms with Gasteiger partial charge in [0.2, 0.25) is 5.91 Å². The number of Topliss-reactive ketones (excluding diaryl/α,β-unsaturated/α-hetero) is 1. The minimum atomic E-state index is -0.642. The third kappa shape index (κ3) is 6.20. The van der Waals surface area contributed by atoms with Crippen LogP contribution in [-0.4, -0.2) is 47.6 Å². The van der Waals surface area contributed by atoms with E-state index in [0.29, 0.717) is 41.3 Å². The van der Waals surface area contributed by atoms with Crippen LogP contribution < -0.4 is 10.6 Å². The number of ketones is 1. The number of hydrogen-bond donors (Lipinski definition) is 3. The highest BCUT2D eigenvalue weighted by molar-refractivity contribution is 6.06. The van der Waals surface area contributed by atoms with Gasteiger partial charge in [0.1, 0.15) is 11.7 Å². The zero-order valence-corrected chi connectivity index (χ0v) is 21.6. The number of H-pyrrole nitrogens is 1. The van der Waals surface area contributed by atoms with E-state index in [2.05, 4.69) is 34.4 Å². The molecule has 3 N–H and O–H groups in total. The molecule has 188 valence electrons. The van der Waals surface area contributed by atoms with Crippen molar-refractivity contribution >= 4 is 23.3 Å². The first-order valence-corrected chi connectivity index (χ1v) is 12.6. The summed E-state index contributed by atoms with van der Waals surface area (Å²) in [7, 11) is 4.03. The van der Waals surface area contributed by atoms with Crippen LogP contribution >= 0.6 is 0 Å². The fraction of sp³-hybridized carbons (Fsp3) is 0.536. The second kappa shape index (κ2) is 9.97. The lowest BCUT2D eigenvalue weighted by molar-refractivity contribution is -0.118. The molecule has 4 rings (SSSR count). The van der Waals surface area contributed by atoms with E-state index >= 15 is 0 Å². The Kier molecular flexibility index (Phi) is 7.17. The molecule has 2 aliphatic rings. The van der Waals surface area contributed by atoms with E-state index < -0.39 is 6.04 Å². The highest BCUT2D eigenvalue weighted by Gasteiger charge is 2.36. The highest BCUT2D eigenvalue weighted by atomic mass is 16.2. The number of carbonyl (C=O) groups is 3. The molecule has 0 saturated heterocycles. The van der Waals surface area contributed by atoms with Crippen molar-refractivity contribution in [2.75, 3.05) is 19.4 Å². The number of anilines is 1. The number of nitrogens with one attached hydrogen (secondary N) is 3. The van der Waals surface area contributed by atoms with E-state index in [-0.39, 0.29) is 23.0 Å². The van der Waals surface area contributed by atoms with Gasteiger partial charge >= 0.3 is 0 Å². The van der Waals surface area contributed by atoms with Gasteiger partial charge in [-0.15, -0.1) is 0 Å². The third-order valence-electron chi connectivity index (χ3n) is 7.03. The molecule has 1 aromatic heterocycles. The molecular formula is C28H38N4O3. The smallest absolute Gasteiger partial charge is 0.268 e. The van der Waals surface area contributed by atoms with Gasteiger partial charge in [-0.1, -0.05) is 38.8 Å². The molecule has 1 fully saturated rings. The van der Waals surface area contributed by atoms with Gasteiger partial charge < -0.3 is 20.5 Å². The number of amides is 2. The first-order valence-electron chi connectivity index (χ1n) is 12.6. The lowest BCUT2D eigenvalue weighted by Gasteiger charge is -2.28. The fourth-order valence-corrected chi connectivity index (χ4v) is 5.06. The summed E-state index contributed by atoms with van der Waals surface area (Å²) in [4.78, 5) is 44.5. The van der Waals surface area contributed by atoms with E-state index in [9.17, 15) is 14.4 Å². The van der Waals surface area contributed by atoms with Gasteiger partial charge in [-0.3, -0.25) is 14.4 Å². The summed E-state index contributed by atoms with van der Waals surface area (Å²) in [5.74, 6) is 0.169. The van der Waals surface area contributed by atoms with Gasteiger partial charge in [0, 0.05) is 29.9 Å². The van der Waals surface area contributed by atoms with Crippen LogP contribution in [-0.2, 0) is 17.8 Å². The van der Waals surface area contributed by atoms with Crippen LogP contribution in [0, 0.1) is 18.3 Å². The standard InChI is InChI=1S/C28H38N4O3/c1-17-24-22(14-28(2,3)15-23(24)33)30-25(17)27(35)31-21(13-10-18-6-7-18)26(34)29-20-11-8-19(9-12-20)16-32(4)5/h8-9,11-12,18,21,30H,6-7,10,13-16H2,1-5H3,(H,29,34)(H,31,35). The van der Waals surface area contributed by atoms with Crippen molar-refractivity contribution in [2.24, 2.45) is 11.3 Å². The molecule has 35 heavy (non-hydrogen) atoms. The summed E-state index contributed by atoms with van der Waals surface area (Å²) in [6.07, 6.45) is 5.07. The first kappa shape index (κ1) is 25.2. The molecule has 2 amide bonds. The molecule has 1 atom stereocenters. The lowest BCUT2D eigenvalue weighted by Crippen LogP contribution is -2.44. The van der Waals surface area contributed by atoms with Crippen LogP contribution in [0.1, 0.15) is 83.6 Å². The molecule has 0 radical (unpaired) electrons. The second-order valence-corrected chi connectivity index (χ2v) is 11.4. The molecule has 7 nitrogen and oxygen atoms in total. The topological polar surface area (TPSA) is 94.3 Å². The van der Waals surface area contributed by atoms with Gasteiger partial charge in [0.25, 0.3) is 5.91 Å². The zero-order valence-electron chi connectivity index (χ0n) is 21.6. The van der Waals surface area contributed by atoms with Crippen LogP contribution in [0.5, 0.6) is 0 Å². The average Bonchev–Trinajstić information content (AvgIpc) is 3.53. The molecule has 1 heterocycles. The van der Waals surface area contributed by atoms with E-state index in [0.717, 1.165) is 30.6 Å².